The first-order chi connectivity index (χ1) is 6.13. The molecule has 0 aliphatic heterocycles. The number of rotatable bonds is 4. The Morgan fingerprint density at radius 3 is 2.38 bits per heavy atom. The molecular formula is C11H21NO. The predicted molar refractivity (Wildman–Crippen MR) is 55.7 cm³/mol. The van der Waals surface area contributed by atoms with E-state index in [1.165, 1.54) is 12.8 Å². The van der Waals surface area contributed by atoms with Crippen LogP contribution in [0.5, 0.6) is 0 Å². The maximum atomic E-state index is 10.1. The molecule has 1 aliphatic carbocycles. The highest BCUT2D eigenvalue weighted by molar-refractivity contribution is 5.00. The molecule has 2 heteroatoms. The van der Waals surface area contributed by atoms with Crippen LogP contribution < -0.4 is 0 Å². The topological polar surface area (TPSA) is 23.5 Å². The van der Waals surface area contributed by atoms with Crippen LogP contribution in [0, 0.1) is 0 Å². The van der Waals surface area contributed by atoms with Gasteiger partial charge in [0.05, 0.1) is 6.10 Å². The van der Waals surface area contributed by atoms with Crippen molar-refractivity contribution in [2.24, 2.45) is 0 Å². The lowest BCUT2D eigenvalue weighted by Crippen LogP contribution is -2.51. The Kier molecular flexibility index (Phi) is 3.51. The molecule has 0 aromatic heterocycles. The lowest BCUT2D eigenvalue weighted by atomic mass is 9.87. The van der Waals surface area contributed by atoms with Gasteiger partial charge in [0.15, 0.2) is 0 Å². The molecule has 2 nitrogen and oxygen atoms in total. The molecule has 0 radical (unpaired) electrons. The van der Waals surface area contributed by atoms with Crippen molar-refractivity contribution in [2.75, 3.05) is 14.1 Å². The van der Waals surface area contributed by atoms with Crippen molar-refractivity contribution >= 4 is 0 Å². The third kappa shape index (κ3) is 1.94. The smallest absolute Gasteiger partial charge is 0.0757 e. The van der Waals surface area contributed by atoms with Crippen LogP contribution >= 0.6 is 0 Å². The molecule has 1 saturated carbocycles. The van der Waals surface area contributed by atoms with Crippen LogP contribution in [0.3, 0.4) is 0 Å². The Balaban J connectivity index is 2.71. The van der Waals surface area contributed by atoms with Gasteiger partial charge in [0.25, 0.3) is 0 Å². The molecule has 1 N–H and O–H groups in total. The Labute approximate surface area is 81.2 Å². The Morgan fingerprint density at radius 2 is 2.00 bits per heavy atom. The van der Waals surface area contributed by atoms with E-state index in [1.807, 2.05) is 6.08 Å². The van der Waals surface area contributed by atoms with Gasteiger partial charge in [-0.1, -0.05) is 18.9 Å². The lowest BCUT2D eigenvalue weighted by molar-refractivity contribution is -0.000884. The highest BCUT2D eigenvalue weighted by Crippen LogP contribution is 2.37. The summed E-state index contributed by atoms with van der Waals surface area (Å²) in [5.74, 6) is 0. The van der Waals surface area contributed by atoms with Crippen LogP contribution in [0.15, 0.2) is 12.7 Å². The third-order valence-electron chi connectivity index (χ3n) is 3.37. The standard InChI is InChI=1S/C11H21NO/c1-4-7-10(13)11(12(2)3)8-5-6-9-11/h4,10,13H,1,5-9H2,2-3H3. The van der Waals surface area contributed by atoms with Gasteiger partial charge in [-0.3, -0.25) is 0 Å². The van der Waals surface area contributed by atoms with Crippen LogP contribution in [0.25, 0.3) is 0 Å². The zero-order chi connectivity index (χ0) is 9.90. The average Bonchev–Trinajstić information content (AvgIpc) is 2.53. The predicted octanol–water partition coefficient (Wildman–Crippen LogP) is 1.80. The summed E-state index contributed by atoms with van der Waals surface area (Å²) in [7, 11) is 4.13. The lowest BCUT2D eigenvalue weighted by Gasteiger charge is -2.40. The molecule has 0 spiro atoms. The largest absolute Gasteiger partial charge is 0.391 e. The fourth-order valence-electron chi connectivity index (χ4n) is 2.44. The second-order valence-corrected chi connectivity index (χ2v) is 4.25. The molecule has 0 saturated heterocycles. The van der Waals surface area contributed by atoms with Crippen molar-refractivity contribution in [2.45, 2.75) is 43.7 Å². The molecule has 1 rings (SSSR count). The summed E-state index contributed by atoms with van der Waals surface area (Å²) in [4.78, 5) is 2.19. The van der Waals surface area contributed by atoms with Gasteiger partial charge < -0.3 is 10.0 Å². The van der Waals surface area contributed by atoms with Gasteiger partial charge in [0.2, 0.25) is 0 Å². The zero-order valence-corrected chi connectivity index (χ0v) is 8.79. The quantitative estimate of drug-likeness (QED) is 0.672. The van der Waals surface area contributed by atoms with Gasteiger partial charge >= 0.3 is 0 Å². The number of likely N-dealkylation sites (N-methyl/N-ethyl adjacent to an activating group) is 1. The first kappa shape index (κ1) is 10.7. The summed E-state index contributed by atoms with van der Waals surface area (Å²) in [5, 5.41) is 10.1. The van der Waals surface area contributed by atoms with Crippen LogP contribution in [0.4, 0.5) is 0 Å². The van der Waals surface area contributed by atoms with Gasteiger partial charge in [-0.05, 0) is 33.4 Å². The van der Waals surface area contributed by atoms with E-state index >= 15 is 0 Å². The van der Waals surface area contributed by atoms with Gasteiger partial charge in [0.1, 0.15) is 0 Å². The summed E-state index contributed by atoms with van der Waals surface area (Å²) >= 11 is 0. The summed E-state index contributed by atoms with van der Waals surface area (Å²) in [5.41, 5.74) is 0.0220. The van der Waals surface area contributed by atoms with Crippen molar-refractivity contribution in [3.8, 4) is 0 Å². The minimum atomic E-state index is -0.248. The summed E-state index contributed by atoms with van der Waals surface area (Å²) in [6.45, 7) is 3.68. The molecular weight excluding hydrogens is 162 g/mol. The second-order valence-electron chi connectivity index (χ2n) is 4.25. The van der Waals surface area contributed by atoms with Crippen molar-refractivity contribution in [3.63, 3.8) is 0 Å². The second kappa shape index (κ2) is 4.25. The van der Waals surface area contributed by atoms with E-state index in [-0.39, 0.29) is 11.6 Å². The van der Waals surface area contributed by atoms with Gasteiger partial charge in [0, 0.05) is 5.54 Å². The number of aliphatic hydroxyl groups excluding tert-OH is 1. The SMILES string of the molecule is C=CCC(O)C1(N(C)C)CCCC1. The minimum Gasteiger partial charge on any atom is -0.391 e. The molecule has 0 heterocycles. The summed E-state index contributed by atoms with van der Waals surface area (Å²) < 4.78 is 0. The average molecular weight is 183 g/mol. The van der Waals surface area contributed by atoms with Crippen molar-refractivity contribution in [1.29, 1.82) is 0 Å². The number of aliphatic hydroxyl groups is 1. The molecule has 1 aliphatic rings. The van der Waals surface area contributed by atoms with E-state index in [4.69, 9.17) is 0 Å². The fraction of sp³-hybridized carbons (Fsp3) is 0.818. The highest BCUT2D eigenvalue weighted by Gasteiger charge is 2.41. The molecule has 0 amide bonds. The number of hydrogen-bond donors (Lipinski definition) is 1. The Bertz CT molecular complexity index is 171. The maximum absolute atomic E-state index is 10.1. The highest BCUT2D eigenvalue weighted by atomic mass is 16.3. The number of hydrogen-bond acceptors (Lipinski definition) is 2. The molecule has 13 heavy (non-hydrogen) atoms. The minimum absolute atomic E-state index is 0.0220. The molecule has 0 bridgehead atoms. The fourth-order valence-corrected chi connectivity index (χ4v) is 2.44. The molecule has 1 unspecified atom stereocenters. The van der Waals surface area contributed by atoms with Crippen LogP contribution in [0.1, 0.15) is 32.1 Å². The van der Waals surface area contributed by atoms with Gasteiger partial charge in [-0.25, -0.2) is 0 Å². The Morgan fingerprint density at radius 1 is 1.46 bits per heavy atom. The van der Waals surface area contributed by atoms with Crippen LogP contribution in [-0.2, 0) is 0 Å². The van der Waals surface area contributed by atoms with E-state index < -0.39 is 0 Å². The molecule has 1 fully saturated rings. The van der Waals surface area contributed by atoms with E-state index in [2.05, 4.69) is 25.6 Å². The normalized spacial score (nSPS) is 23.4. The first-order valence-corrected chi connectivity index (χ1v) is 5.10. The molecule has 76 valence electrons. The third-order valence-corrected chi connectivity index (χ3v) is 3.37. The van der Waals surface area contributed by atoms with E-state index in [0.717, 1.165) is 12.8 Å². The monoisotopic (exact) mass is 183 g/mol. The summed E-state index contributed by atoms with van der Waals surface area (Å²) in [6, 6.07) is 0. The van der Waals surface area contributed by atoms with E-state index in [0.29, 0.717) is 6.42 Å². The first-order valence-electron chi connectivity index (χ1n) is 5.10. The van der Waals surface area contributed by atoms with Crippen molar-refractivity contribution < 1.29 is 5.11 Å². The molecule has 0 aromatic carbocycles. The van der Waals surface area contributed by atoms with Crippen LogP contribution in [0.2, 0.25) is 0 Å². The van der Waals surface area contributed by atoms with Crippen LogP contribution in [-0.4, -0.2) is 35.7 Å². The van der Waals surface area contributed by atoms with Crippen molar-refractivity contribution in [3.05, 3.63) is 12.7 Å². The molecule has 1 atom stereocenters. The molecule has 0 aromatic rings. The van der Waals surface area contributed by atoms with Crippen molar-refractivity contribution in [1.82, 2.24) is 4.90 Å². The zero-order valence-electron chi connectivity index (χ0n) is 8.79. The van der Waals surface area contributed by atoms with E-state index in [9.17, 15) is 5.11 Å². The summed E-state index contributed by atoms with van der Waals surface area (Å²) in [6.07, 6.45) is 7.00. The van der Waals surface area contributed by atoms with E-state index in [1.54, 1.807) is 0 Å². The Hall–Kier alpha value is -0.340. The maximum Gasteiger partial charge on any atom is 0.0757 e. The van der Waals surface area contributed by atoms with Gasteiger partial charge in [-0.2, -0.15) is 0 Å². The number of nitrogens with zero attached hydrogens (tertiary/aromatic N) is 1. The van der Waals surface area contributed by atoms with Gasteiger partial charge in [-0.15, -0.1) is 6.58 Å².